The lowest BCUT2D eigenvalue weighted by molar-refractivity contribution is -0.00661. The quantitative estimate of drug-likeness (QED) is 0.190. The molecule has 0 spiro atoms. The molecule has 0 amide bonds. The number of phenolic OH excluding ortho intramolecular Hbond substituents is 1. The number of pyridine rings is 1. The molecule has 4 fully saturated rings. The van der Waals surface area contributed by atoms with E-state index in [0.29, 0.717) is 48.3 Å². The molecular weight excluding hydrogens is 640 g/mol. The van der Waals surface area contributed by atoms with E-state index in [4.69, 9.17) is 30.6 Å². The Morgan fingerprint density at radius 3 is 2.74 bits per heavy atom. The van der Waals surface area contributed by atoms with Crippen molar-refractivity contribution in [1.82, 2.24) is 19.9 Å². The number of anilines is 1. The minimum Gasteiger partial charge on any atom is -0.508 e. The van der Waals surface area contributed by atoms with Crippen molar-refractivity contribution in [1.29, 1.82) is 0 Å². The maximum Gasteiger partial charge on any atom is 0.319 e. The van der Waals surface area contributed by atoms with Crippen molar-refractivity contribution >= 4 is 27.5 Å². The van der Waals surface area contributed by atoms with Gasteiger partial charge in [0, 0.05) is 35.5 Å². The van der Waals surface area contributed by atoms with Gasteiger partial charge in [0.15, 0.2) is 5.82 Å². The fraction of sp³-hybridized carbons (Fsp3) is 0.513. The first kappa shape index (κ1) is 32.9. The minimum atomic E-state index is -0.775. The van der Waals surface area contributed by atoms with Crippen LogP contribution in [0.5, 0.6) is 17.6 Å². The molecule has 1 aliphatic carbocycles. The molecule has 5 atom stereocenters. The van der Waals surface area contributed by atoms with Gasteiger partial charge in [-0.3, -0.25) is 4.90 Å². The van der Waals surface area contributed by atoms with E-state index in [2.05, 4.69) is 34.6 Å². The fourth-order valence-corrected chi connectivity index (χ4v) is 9.08. The van der Waals surface area contributed by atoms with Crippen molar-refractivity contribution < 1.29 is 28.1 Å². The maximum atomic E-state index is 17.2. The van der Waals surface area contributed by atoms with Crippen LogP contribution < -0.4 is 14.4 Å². The third-order valence-corrected chi connectivity index (χ3v) is 11.7. The van der Waals surface area contributed by atoms with Crippen molar-refractivity contribution in [2.45, 2.75) is 77.0 Å². The summed E-state index contributed by atoms with van der Waals surface area (Å²) in [6.45, 7) is 8.30. The van der Waals surface area contributed by atoms with Crippen LogP contribution in [-0.4, -0.2) is 83.1 Å². The summed E-state index contributed by atoms with van der Waals surface area (Å²) in [7, 11) is 1.46. The van der Waals surface area contributed by atoms with E-state index in [1.807, 2.05) is 0 Å². The summed E-state index contributed by atoms with van der Waals surface area (Å²) in [5, 5.41) is 11.7. The zero-order chi connectivity index (χ0) is 34.7. The maximum absolute atomic E-state index is 17.2. The number of methoxy groups -OCH3 is 1. The number of phenols is 1. The molecule has 3 aliphatic heterocycles. The van der Waals surface area contributed by atoms with Gasteiger partial charge in [-0.1, -0.05) is 38.7 Å². The van der Waals surface area contributed by atoms with Gasteiger partial charge < -0.3 is 24.2 Å². The van der Waals surface area contributed by atoms with E-state index in [1.165, 1.54) is 31.4 Å². The summed E-state index contributed by atoms with van der Waals surface area (Å²) < 4.78 is 50.5. The average molecular weight is 684 g/mol. The SMILES string of the molecule is C#Cc1c(F)ccc2cc(O)cc(-c3nc(OC)c4c(N5CC6CC5CO6)nc(OCC56CCCC5N(CC(C)CC)CCC6)nc4c3F)c12. The first-order valence-electron chi connectivity index (χ1n) is 17.9. The lowest BCUT2D eigenvalue weighted by Crippen LogP contribution is -2.53. The Bertz CT molecular complexity index is 2020. The number of aromatic nitrogens is 3. The molecule has 11 heteroatoms. The van der Waals surface area contributed by atoms with Crippen LogP contribution >= 0.6 is 0 Å². The molecular formula is C39H43F2N5O4. The second-order valence-electron chi connectivity index (χ2n) is 14.7. The molecule has 5 unspecified atom stereocenters. The highest BCUT2D eigenvalue weighted by molar-refractivity contribution is 6.04. The van der Waals surface area contributed by atoms with Crippen LogP contribution in [0.3, 0.4) is 0 Å². The standard InChI is InChI=1S/C39H43F2N5O4/c1-5-22(3)18-45-14-8-13-39(12-7-9-30(39)45)21-50-38-43-35-32(36(44-38)46-19-26-16-24(46)20-49-26)37(48-4)42-34(33(35)41)28-17-25(47)15-23-10-11-29(40)27(6-2)31(23)28/h2,10-11,15,17,22,24,26,30,47H,5,7-9,12-14,16,18-21H2,1,3-4H3. The highest BCUT2D eigenvalue weighted by Crippen LogP contribution is 2.49. The molecule has 4 aromatic rings. The van der Waals surface area contributed by atoms with Crippen molar-refractivity contribution in [3.63, 3.8) is 0 Å². The van der Waals surface area contributed by atoms with Crippen LogP contribution in [0.4, 0.5) is 14.6 Å². The number of halogens is 2. The number of benzene rings is 2. The first-order chi connectivity index (χ1) is 24.2. The summed E-state index contributed by atoms with van der Waals surface area (Å²) in [6.07, 6.45) is 13.3. The molecule has 2 aromatic heterocycles. The van der Waals surface area contributed by atoms with Crippen LogP contribution in [-0.2, 0) is 4.74 Å². The van der Waals surface area contributed by atoms with Crippen molar-refractivity contribution in [3.8, 4) is 41.2 Å². The highest BCUT2D eigenvalue weighted by atomic mass is 19.1. The van der Waals surface area contributed by atoms with Gasteiger partial charge in [0.2, 0.25) is 5.88 Å². The molecule has 5 heterocycles. The Hall–Kier alpha value is -4.27. The summed E-state index contributed by atoms with van der Waals surface area (Å²) >= 11 is 0. The molecule has 2 aromatic carbocycles. The Kier molecular flexibility index (Phi) is 8.43. The molecule has 0 radical (unpaired) electrons. The molecule has 1 saturated carbocycles. The number of likely N-dealkylation sites (tertiary alicyclic amines) is 1. The molecule has 8 rings (SSSR count). The van der Waals surface area contributed by atoms with Gasteiger partial charge in [0.05, 0.1) is 38.0 Å². The van der Waals surface area contributed by atoms with Gasteiger partial charge in [-0.2, -0.15) is 9.97 Å². The highest BCUT2D eigenvalue weighted by Gasteiger charge is 2.49. The topological polar surface area (TPSA) is 93.1 Å². The number of aromatic hydroxyl groups is 1. The first-order valence-corrected chi connectivity index (χ1v) is 17.9. The van der Waals surface area contributed by atoms with E-state index in [-0.39, 0.29) is 62.9 Å². The van der Waals surface area contributed by atoms with E-state index in [0.717, 1.165) is 58.0 Å². The van der Waals surface area contributed by atoms with Gasteiger partial charge in [0.25, 0.3) is 0 Å². The van der Waals surface area contributed by atoms with Gasteiger partial charge in [-0.25, -0.2) is 13.8 Å². The Balaban J connectivity index is 1.27. The monoisotopic (exact) mass is 683 g/mol. The van der Waals surface area contributed by atoms with Crippen LogP contribution in [0, 0.1) is 35.3 Å². The molecule has 3 saturated heterocycles. The van der Waals surface area contributed by atoms with Gasteiger partial charge in [-0.15, -0.1) is 6.42 Å². The summed E-state index contributed by atoms with van der Waals surface area (Å²) in [5.74, 6) is 2.04. The van der Waals surface area contributed by atoms with Crippen LogP contribution in [0.1, 0.15) is 64.4 Å². The van der Waals surface area contributed by atoms with Crippen molar-refractivity contribution in [2.24, 2.45) is 11.3 Å². The lowest BCUT2D eigenvalue weighted by atomic mass is 9.75. The zero-order valence-electron chi connectivity index (χ0n) is 28.8. The van der Waals surface area contributed by atoms with Gasteiger partial charge >= 0.3 is 6.01 Å². The third-order valence-electron chi connectivity index (χ3n) is 11.7. The largest absolute Gasteiger partial charge is 0.508 e. The Labute approximate surface area is 291 Å². The van der Waals surface area contributed by atoms with Gasteiger partial charge in [-0.05, 0) is 68.2 Å². The fourth-order valence-electron chi connectivity index (χ4n) is 9.08. The average Bonchev–Trinajstić information content (AvgIpc) is 3.88. The van der Waals surface area contributed by atoms with Crippen LogP contribution in [0.15, 0.2) is 24.3 Å². The second-order valence-corrected chi connectivity index (χ2v) is 14.7. The molecule has 9 nitrogen and oxygen atoms in total. The van der Waals surface area contributed by atoms with E-state index in [9.17, 15) is 5.11 Å². The van der Waals surface area contributed by atoms with Gasteiger partial charge in [0.1, 0.15) is 34.0 Å². The van der Waals surface area contributed by atoms with Crippen molar-refractivity contribution in [3.05, 3.63) is 41.5 Å². The summed E-state index contributed by atoms with van der Waals surface area (Å²) in [5.41, 5.74) is -0.174. The Morgan fingerprint density at radius 1 is 1.16 bits per heavy atom. The number of fused-ring (bicyclic) bond motifs is 5. The number of hydrogen-bond acceptors (Lipinski definition) is 9. The molecule has 1 N–H and O–H groups in total. The van der Waals surface area contributed by atoms with Crippen molar-refractivity contribution in [2.75, 3.05) is 44.9 Å². The van der Waals surface area contributed by atoms with E-state index < -0.39 is 11.6 Å². The third kappa shape index (κ3) is 5.39. The lowest BCUT2D eigenvalue weighted by Gasteiger charge is -2.47. The molecule has 4 aliphatic rings. The number of hydrogen-bond donors (Lipinski definition) is 1. The smallest absolute Gasteiger partial charge is 0.319 e. The number of nitrogens with zero attached hydrogens (tertiary/aromatic N) is 5. The Morgan fingerprint density at radius 2 is 2.00 bits per heavy atom. The molecule has 50 heavy (non-hydrogen) atoms. The van der Waals surface area contributed by atoms with E-state index >= 15 is 8.78 Å². The number of ether oxygens (including phenoxy) is 3. The normalized spacial score (nSPS) is 25.3. The predicted octanol–water partition coefficient (Wildman–Crippen LogP) is 6.86. The second kappa shape index (κ2) is 12.8. The van der Waals surface area contributed by atoms with Crippen LogP contribution in [0.2, 0.25) is 0 Å². The summed E-state index contributed by atoms with van der Waals surface area (Å²) in [4.78, 5) is 19.1. The number of piperidine rings is 1. The summed E-state index contributed by atoms with van der Waals surface area (Å²) in [6, 6.07) is 6.08. The minimum absolute atomic E-state index is 0.0272. The molecule has 2 bridgehead atoms. The molecule has 262 valence electrons. The van der Waals surface area contributed by atoms with E-state index in [1.54, 1.807) is 0 Å². The predicted molar refractivity (Wildman–Crippen MR) is 188 cm³/mol. The van der Waals surface area contributed by atoms with Crippen LogP contribution in [0.25, 0.3) is 32.9 Å². The number of morpholine rings is 1. The number of rotatable bonds is 9. The zero-order valence-corrected chi connectivity index (χ0v) is 28.8. The number of terminal acetylenes is 1.